The number of hydrogen-bond donors (Lipinski definition) is 0. The second kappa shape index (κ2) is 4.93. The summed E-state index contributed by atoms with van der Waals surface area (Å²) in [7, 11) is 0. The average Bonchev–Trinajstić information content (AvgIpc) is 2.31. The van der Waals surface area contributed by atoms with Crippen molar-refractivity contribution in [3.8, 4) is 6.07 Å². The highest BCUT2D eigenvalue weighted by Crippen LogP contribution is 2.27. The van der Waals surface area contributed by atoms with Crippen molar-refractivity contribution in [1.29, 1.82) is 5.26 Å². The Kier molecular flexibility index (Phi) is 3.35. The highest BCUT2D eigenvalue weighted by molar-refractivity contribution is 7.99. The zero-order chi connectivity index (χ0) is 12.3. The zero-order valence-corrected chi connectivity index (χ0v) is 9.83. The molecule has 17 heavy (non-hydrogen) atoms. The van der Waals surface area contributed by atoms with Crippen LogP contribution in [0.1, 0.15) is 11.4 Å². The molecule has 0 aliphatic carbocycles. The largest absolute Gasteiger partial charge is 0.228 e. The van der Waals surface area contributed by atoms with Crippen molar-refractivity contribution >= 4 is 11.8 Å². The summed E-state index contributed by atoms with van der Waals surface area (Å²) in [6.07, 6.45) is 0. The Morgan fingerprint density at radius 1 is 1.29 bits per heavy atom. The van der Waals surface area contributed by atoms with Gasteiger partial charge in [0.05, 0.1) is 4.90 Å². The molecule has 0 spiro atoms. The van der Waals surface area contributed by atoms with E-state index in [0.717, 1.165) is 11.8 Å². The molecule has 5 heteroatoms. The molecule has 0 aliphatic rings. The van der Waals surface area contributed by atoms with Gasteiger partial charge in [-0.15, -0.1) is 0 Å². The number of aryl methyl sites for hydroxylation is 1. The molecular weight excluding hydrogens is 237 g/mol. The van der Waals surface area contributed by atoms with Crippen LogP contribution in [-0.4, -0.2) is 9.97 Å². The fourth-order valence-electron chi connectivity index (χ4n) is 1.27. The van der Waals surface area contributed by atoms with Crippen LogP contribution in [0.3, 0.4) is 0 Å². The lowest BCUT2D eigenvalue weighted by molar-refractivity contribution is 0.601. The quantitative estimate of drug-likeness (QED) is 0.763. The van der Waals surface area contributed by atoms with E-state index >= 15 is 0 Å². The summed E-state index contributed by atoms with van der Waals surface area (Å²) in [5.41, 5.74) is 0.978. The molecule has 2 rings (SSSR count). The highest BCUT2D eigenvalue weighted by atomic mass is 32.2. The van der Waals surface area contributed by atoms with Crippen molar-refractivity contribution in [3.05, 3.63) is 47.5 Å². The van der Waals surface area contributed by atoms with Crippen molar-refractivity contribution in [2.24, 2.45) is 0 Å². The first-order valence-corrected chi connectivity index (χ1v) is 5.69. The summed E-state index contributed by atoms with van der Waals surface area (Å²) < 4.78 is 13.4. The number of rotatable bonds is 2. The molecule has 0 N–H and O–H groups in total. The van der Waals surface area contributed by atoms with E-state index in [1.807, 2.05) is 6.07 Å². The summed E-state index contributed by atoms with van der Waals surface area (Å²) in [5, 5.41) is 9.16. The van der Waals surface area contributed by atoms with E-state index in [9.17, 15) is 4.39 Å². The molecule has 3 nitrogen and oxygen atoms in total. The minimum Gasteiger partial charge on any atom is -0.228 e. The first-order valence-electron chi connectivity index (χ1n) is 4.87. The Morgan fingerprint density at radius 3 is 2.76 bits per heavy atom. The van der Waals surface area contributed by atoms with Crippen LogP contribution >= 0.6 is 11.8 Å². The summed E-state index contributed by atoms with van der Waals surface area (Å²) >= 11 is 1.11. The fourth-order valence-corrected chi connectivity index (χ4v) is 2.11. The minimum atomic E-state index is -0.318. The van der Waals surface area contributed by atoms with Gasteiger partial charge in [-0.1, -0.05) is 12.1 Å². The Hall–Kier alpha value is -1.93. The Bertz CT molecular complexity index is 593. The maximum Gasteiger partial charge on any atom is 0.194 e. The number of aromatic nitrogens is 2. The van der Waals surface area contributed by atoms with E-state index < -0.39 is 0 Å². The second-order valence-electron chi connectivity index (χ2n) is 3.32. The van der Waals surface area contributed by atoms with Crippen LogP contribution < -0.4 is 0 Å². The van der Waals surface area contributed by atoms with E-state index in [1.54, 1.807) is 31.2 Å². The fraction of sp³-hybridized carbons (Fsp3) is 0.0833. The molecule has 0 radical (unpaired) electrons. The van der Waals surface area contributed by atoms with Gasteiger partial charge in [-0.3, -0.25) is 0 Å². The van der Waals surface area contributed by atoms with Gasteiger partial charge in [0.15, 0.2) is 5.16 Å². The third-order valence-corrected chi connectivity index (χ3v) is 2.90. The molecular formula is C12H8FN3S. The van der Waals surface area contributed by atoms with Crippen LogP contribution in [0.2, 0.25) is 0 Å². The van der Waals surface area contributed by atoms with Crippen LogP contribution in [-0.2, 0) is 0 Å². The molecule has 1 heterocycles. The molecule has 1 aromatic carbocycles. The summed E-state index contributed by atoms with van der Waals surface area (Å²) in [6, 6.07) is 9.93. The van der Waals surface area contributed by atoms with Gasteiger partial charge in [-0.2, -0.15) is 5.26 Å². The van der Waals surface area contributed by atoms with E-state index in [4.69, 9.17) is 5.26 Å². The van der Waals surface area contributed by atoms with Crippen molar-refractivity contribution in [3.63, 3.8) is 0 Å². The summed E-state index contributed by atoms with van der Waals surface area (Å²) in [5.74, 6) is -0.318. The first kappa shape index (κ1) is 11.6. The topological polar surface area (TPSA) is 49.6 Å². The van der Waals surface area contributed by atoms with E-state index in [1.165, 1.54) is 6.07 Å². The van der Waals surface area contributed by atoms with Gasteiger partial charge >= 0.3 is 0 Å². The normalized spacial score (nSPS) is 9.94. The molecule has 0 fully saturated rings. The maximum absolute atomic E-state index is 13.4. The van der Waals surface area contributed by atoms with Gasteiger partial charge in [0, 0.05) is 5.69 Å². The van der Waals surface area contributed by atoms with Crippen LogP contribution in [0.15, 0.2) is 40.4 Å². The maximum atomic E-state index is 13.4. The van der Waals surface area contributed by atoms with Gasteiger partial charge in [0.2, 0.25) is 0 Å². The van der Waals surface area contributed by atoms with Crippen molar-refractivity contribution < 1.29 is 4.39 Å². The van der Waals surface area contributed by atoms with Gasteiger partial charge in [-0.25, -0.2) is 14.4 Å². The van der Waals surface area contributed by atoms with Crippen LogP contribution in [0.4, 0.5) is 4.39 Å². The molecule has 0 saturated carbocycles. The van der Waals surface area contributed by atoms with Crippen molar-refractivity contribution in [2.45, 2.75) is 17.0 Å². The van der Waals surface area contributed by atoms with Crippen LogP contribution in [0.5, 0.6) is 0 Å². The number of benzene rings is 1. The molecule has 0 unspecified atom stereocenters. The van der Waals surface area contributed by atoms with Crippen molar-refractivity contribution in [1.82, 2.24) is 9.97 Å². The standard InChI is InChI=1S/C12H8FN3S/c1-8-6-9(7-14)16-12(15-8)17-11-5-3-2-4-10(11)13/h2-6H,1H3. The summed E-state index contributed by atoms with van der Waals surface area (Å²) in [6.45, 7) is 1.77. The van der Waals surface area contributed by atoms with Gasteiger partial charge in [0.1, 0.15) is 17.6 Å². The lowest BCUT2D eigenvalue weighted by Crippen LogP contribution is -1.93. The minimum absolute atomic E-state index is 0.288. The number of hydrogen-bond acceptors (Lipinski definition) is 4. The monoisotopic (exact) mass is 245 g/mol. The number of nitrogens with zero attached hydrogens (tertiary/aromatic N) is 3. The smallest absolute Gasteiger partial charge is 0.194 e. The Morgan fingerprint density at radius 2 is 2.06 bits per heavy atom. The molecule has 1 aromatic heterocycles. The SMILES string of the molecule is Cc1cc(C#N)nc(Sc2ccccc2F)n1. The molecule has 2 aromatic rings. The lowest BCUT2D eigenvalue weighted by Gasteiger charge is -2.02. The van der Waals surface area contributed by atoms with Gasteiger partial charge < -0.3 is 0 Å². The number of nitriles is 1. The van der Waals surface area contributed by atoms with E-state index in [2.05, 4.69) is 9.97 Å². The predicted molar refractivity (Wildman–Crippen MR) is 62.0 cm³/mol. The lowest BCUT2D eigenvalue weighted by atomic mass is 10.3. The van der Waals surface area contributed by atoms with Crippen molar-refractivity contribution in [2.75, 3.05) is 0 Å². The number of halogens is 1. The van der Waals surface area contributed by atoms with Gasteiger partial charge in [-0.05, 0) is 36.9 Å². The Balaban J connectivity index is 2.34. The van der Waals surface area contributed by atoms with Crippen LogP contribution in [0.25, 0.3) is 0 Å². The molecule has 0 saturated heterocycles. The average molecular weight is 245 g/mol. The van der Waals surface area contributed by atoms with Crippen LogP contribution in [0, 0.1) is 24.1 Å². The third-order valence-electron chi connectivity index (χ3n) is 1.99. The molecule has 0 bridgehead atoms. The molecule has 84 valence electrons. The second-order valence-corrected chi connectivity index (χ2v) is 4.33. The molecule has 0 amide bonds. The third kappa shape index (κ3) is 2.80. The first-order chi connectivity index (χ1) is 8.19. The summed E-state index contributed by atoms with van der Waals surface area (Å²) in [4.78, 5) is 8.61. The Labute approximate surface area is 102 Å². The molecule has 0 atom stereocenters. The van der Waals surface area contributed by atoms with E-state index in [0.29, 0.717) is 15.7 Å². The predicted octanol–water partition coefficient (Wildman–Crippen LogP) is 2.95. The zero-order valence-electron chi connectivity index (χ0n) is 9.01. The van der Waals surface area contributed by atoms with Gasteiger partial charge in [0.25, 0.3) is 0 Å². The highest BCUT2D eigenvalue weighted by Gasteiger charge is 2.07. The van der Waals surface area contributed by atoms with E-state index in [-0.39, 0.29) is 11.5 Å². The molecule has 0 aliphatic heterocycles.